The molecule has 0 radical (unpaired) electrons. The second-order valence-corrected chi connectivity index (χ2v) is 8.46. The summed E-state index contributed by atoms with van der Waals surface area (Å²) in [6, 6.07) is 7.78. The molecule has 2 heterocycles. The molecule has 1 aliphatic heterocycles. The Bertz CT molecular complexity index is 874. The van der Waals surface area contributed by atoms with Gasteiger partial charge in [-0.2, -0.15) is 0 Å². The third-order valence-corrected chi connectivity index (χ3v) is 5.90. The summed E-state index contributed by atoms with van der Waals surface area (Å²) in [7, 11) is -2.50. The summed E-state index contributed by atoms with van der Waals surface area (Å²) < 4.78 is 32.8. The highest BCUT2D eigenvalue weighted by molar-refractivity contribution is 7.92. The van der Waals surface area contributed by atoms with Crippen molar-refractivity contribution in [1.82, 2.24) is 10.2 Å². The molecule has 1 aliphatic rings. The first-order chi connectivity index (χ1) is 12.4. The fraction of sp³-hybridized carbons (Fsp3) is 0.412. The number of sulfonamides is 1. The Labute approximate surface area is 158 Å². The number of halogens is 1. The Morgan fingerprint density at radius 3 is 2.73 bits per heavy atom. The van der Waals surface area contributed by atoms with Gasteiger partial charge < -0.3 is 9.64 Å². The molecule has 9 heteroatoms. The number of ether oxygens (including phenoxy) is 1. The molecule has 1 N–H and O–H groups in total. The van der Waals surface area contributed by atoms with E-state index in [-0.39, 0.29) is 16.5 Å². The lowest BCUT2D eigenvalue weighted by Crippen LogP contribution is -2.34. The standard InChI is InChI=1S/C17H21ClN4O3S/c1-12-4-3-9-22(11-12)17-8-7-16(19-20-17)21-26(23,24)15-10-13(18)5-6-14(15)25-2/h5-8,10,12H,3-4,9,11H2,1-2H3,(H,19,21). The zero-order valence-electron chi connectivity index (χ0n) is 14.6. The van der Waals surface area contributed by atoms with Gasteiger partial charge in [-0.15, -0.1) is 10.2 Å². The van der Waals surface area contributed by atoms with Crippen molar-refractivity contribution in [2.45, 2.75) is 24.7 Å². The molecule has 1 aromatic heterocycles. The molecule has 140 valence electrons. The van der Waals surface area contributed by atoms with Gasteiger partial charge in [-0.1, -0.05) is 18.5 Å². The minimum absolute atomic E-state index is 0.0526. The number of piperidine rings is 1. The molecule has 26 heavy (non-hydrogen) atoms. The van der Waals surface area contributed by atoms with E-state index in [1.165, 1.54) is 25.7 Å². The van der Waals surface area contributed by atoms with Gasteiger partial charge in [0.25, 0.3) is 10.0 Å². The molecule has 0 bridgehead atoms. The van der Waals surface area contributed by atoms with Gasteiger partial charge in [0.15, 0.2) is 11.6 Å². The zero-order chi connectivity index (χ0) is 18.7. The molecule has 1 saturated heterocycles. The summed E-state index contributed by atoms with van der Waals surface area (Å²) in [5, 5.41) is 8.48. The van der Waals surface area contributed by atoms with E-state index in [9.17, 15) is 8.42 Å². The fourth-order valence-electron chi connectivity index (χ4n) is 3.00. The van der Waals surface area contributed by atoms with Gasteiger partial charge in [0.2, 0.25) is 0 Å². The largest absolute Gasteiger partial charge is 0.495 e. The van der Waals surface area contributed by atoms with E-state index in [4.69, 9.17) is 16.3 Å². The predicted molar refractivity (Wildman–Crippen MR) is 101 cm³/mol. The van der Waals surface area contributed by atoms with Crippen LogP contribution in [0.25, 0.3) is 0 Å². The van der Waals surface area contributed by atoms with E-state index in [1.807, 2.05) is 0 Å². The van der Waals surface area contributed by atoms with Crippen LogP contribution in [0.3, 0.4) is 0 Å². The Morgan fingerprint density at radius 2 is 2.08 bits per heavy atom. The van der Waals surface area contributed by atoms with Crippen molar-refractivity contribution >= 4 is 33.3 Å². The van der Waals surface area contributed by atoms with Crippen LogP contribution in [0.5, 0.6) is 5.75 Å². The van der Waals surface area contributed by atoms with Crippen LogP contribution in [0.15, 0.2) is 35.2 Å². The molecule has 0 amide bonds. The van der Waals surface area contributed by atoms with Crippen molar-refractivity contribution in [1.29, 1.82) is 0 Å². The second-order valence-electron chi connectivity index (χ2n) is 6.37. The van der Waals surface area contributed by atoms with Crippen LogP contribution in [-0.4, -0.2) is 38.8 Å². The number of benzene rings is 1. The molecular formula is C17H21ClN4O3S. The first kappa shape index (κ1) is 18.7. The highest BCUT2D eigenvalue weighted by Crippen LogP contribution is 2.28. The quantitative estimate of drug-likeness (QED) is 0.835. The maximum Gasteiger partial charge on any atom is 0.266 e. The smallest absolute Gasteiger partial charge is 0.266 e. The molecule has 1 aromatic carbocycles. The molecule has 1 fully saturated rings. The van der Waals surface area contributed by atoms with Gasteiger partial charge in [0.1, 0.15) is 10.6 Å². The number of aromatic nitrogens is 2. The van der Waals surface area contributed by atoms with Gasteiger partial charge in [0.05, 0.1) is 7.11 Å². The summed E-state index contributed by atoms with van der Waals surface area (Å²) in [6.07, 6.45) is 2.33. The van der Waals surface area contributed by atoms with Crippen LogP contribution in [0.2, 0.25) is 5.02 Å². The third kappa shape index (κ3) is 4.19. The number of nitrogens with one attached hydrogen (secondary N) is 1. The van der Waals surface area contributed by atoms with Crippen molar-refractivity contribution in [3.8, 4) is 5.75 Å². The molecule has 1 unspecified atom stereocenters. The average Bonchev–Trinajstić information content (AvgIpc) is 2.62. The normalized spacial score (nSPS) is 17.8. The first-order valence-electron chi connectivity index (χ1n) is 8.34. The highest BCUT2D eigenvalue weighted by Gasteiger charge is 2.22. The Morgan fingerprint density at radius 1 is 1.27 bits per heavy atom. The summed E-state index contributed by atoms with van der Waals surface area (Å²) in [4.78, 5) is 2.11. The summed E-state index contributed by atoms with van der Waals surface area (Å²) in [5.41, 5.74) is 0. The Kier molecular flexibility index (Phi) is 5.52. The van der Waals surface area contributed by atoms with Gasteiger partial charge in [-0.25, -0.2) is 8.42 Å². The molecule has 0 spiro atoms. The van der Waals surface area contributed by atoms with Crippen molar-refractivity contribution in [3.63, 3.8) is 0 Å². The Balaban J connectivity index is 1.79. The summed E-state index contributed by atoms with van der Waals surface area (Å²) >= 11 is 5.92. The molecule has 2 aromatic rings. The Hall–Kier alpha value is -2.06. The van der Waals surface area contributed by atoms with Crippen LogP contribution in [0, 0.1) is 5.92 Å². The molecular weight excluding hydrogens is 376 g/mol. The third-order valence-electron chi connectivity index (χ3n) is 4.29. The van der Waals surface area contributed by atoms with Crippen LogP contribution >= 0.6 is 11.6 Å². The molecule has 0 saturated carbocycles. The number of methoxy groups -OCH3 is 1. The monoisotopic (exact) mass is 396 g/mol. The van der Waals surface area contributed by atoms with Crippen molar-refractivity contribution in [2.75, 3.05) is 29.8 Å². The number of rotatable bonds is 5. The highest BCUT2D eigenvalue weighted by atomic mass is 35.5. The van der Waals surface area contributed by atoms with Crippen molar-refractivity contribution in [2.24, 2.45) is 5.92 Å². The van der Waals surface area contributed by atoms with E-state index in [0.29, 0.717) is 10.9 Å². The van der Waals surface area contributed by atoms with Gasteiger partial charge in [-0.3, -0.25) is 4.72 Å². The minimum Gasteiger partial charge on any atom is -0.495 e. The maximum absolute atomic E-state index is 12.6. The van der Waals surface area contributed by atoms with E-state index >= 15 is 0 Å². The lowest BCUT2D eigenvalue weighted by molar-refractivity contribution is 0.403. The van der Waals surface area contributed by atoms with Crippen molar-refractivity contribution in [3.05, 3.63) is 35.4 Å². The maximum atomic E-state index is 12.6. The van der Waals surface area contributed by atoms with Crippen LogP contribution < -0.4 is 14.4 Å². The minimum atomic E-state index is -3.90. The number of anilines is 2. The summed E-state index contributed by atoms with van der Waals surface area (Å²) in [5.74, 6) is 1.70. The van der Waals surface area contributed by atoms with Gasteiger partial charge >= 0.3 is 0 Å². The lowest BCUT2D eigenvalue weighted by atomic mass is 10.0. The van der Waals surface area contributed by atoms with E-state index in [1.54, 1.807) is 18.2 Å². The van der Waals surface area contributed by atoms with E-state index in [2.05, 4.69) is 26.7 Å². The molecule has 3 rings (SSSR count). The van der Waals surface area contributed by atoms with E-state index < -0.39 is 10.0 Å². The first-order valence-corrected chi connectivity index (χ1v) is 10.2. The van der Waals surface area contributed by atoms with Crippen LogP contribution in [-0.2, 0) is 10.0 Å². The fourth-order valence-corrected chi connectivity index (χ4v) is 4.43. The number of nitrogens with zero attached hydrogens (tertiary/aromatic N) is 3. The van der Waals surface area contributed by atoms with Crippen molar-refractivity contribution < 1.29 is 13.2 Å². The SMILES string of the molecule is COc1ccc(Cl)cc1S(=O)(=O)Nc1ccc(N2CCCC(C)C2)nn1. The van der Waals surface area contributed by atoms with Crippen LogP contribution in [0.1, 0.15) is 19.8 Å². The van der Waals surface area contributed by atoms with Crippen LogP contribution in [0.4, 0.5) is 11.6 Å². The second kappa shape index (κ2) is 7.67. The molecule has 7 nitrogen and oxygen atoms in total. The lowest BCUT2D eigenvalue weighted by Gasteiger charge is -2.31. The predicted octanol–water partition coefficient (Wildman–Crippen LogP) is 3.18. The molecule has 0 aliphatic carbocycles. The average molecular weight is 397 g/mol. The number of hydrogen-bond donors (Lipinski definition) is 1. The molecule has 1 atom stereocenters. The van der Waals surface area contributed by atoms with E-state index in [0.717, 1.165) is 25.3 Å². The van der Waals surface area contributed by atoms with Gasteiger partial charge in [0, 0.05) is 18.1 Å². The number of hydrogen-bond acceptors (Lipinski definition) is 6. The summed E-state index contributed by atoms with van der Waals surface area (Å²) in [6.45, 7) is 4.07. The van der Waals surface area contributed by atoms with Gasteiger partial charge in [-0.05, 0) is 49.1 Å². The topological polar surface area (TPSA) is 84.4 Å². The zero-order valence-corrected chi connectivity index (χ0v) is 16.2.